The van der Waals surface area contributed by atoms with Crippen molar-refractivity contribution in [1.82, 2.24) is 9.97 Å². The summed E-state index contributed by atoms with van der Waals surface area (Å²) in [5.74, 6) is 0. The first kappa shape index (κ1) is 16.5. The molecule has 0 aliphatic heterocycles. The molecule has 1 heterocycles. The van der Waals surface area contributed by atoms with E-state index in [2.05, 4.69) is 20.0 Å². The lowest BCUT2D eigenvalue weighted by molar-refractivity contribution is 0.302. The number of anilines is 1. The van der Waals surface area contributed by atoms with E-state index in [1.165, 1.54) is 6.33 Å². The summed E-state index contributed by atoms with van der Waals surface area (Å²) in [6.07, 6.45) is 7.11. The van der Waals surface area contributed by atoms with Crippen molar-refractivity contribution in [3.8, 4) is 0 Å². The molecule has 0 bridgehead atoms. The number of rotatable bonds is 8. The monoisotopic (exact) mass is 310 g/mol. The summed E-state index contributed by atoms with van der Waals surface area (Å²) in [5, 5.41) is 12.7. The predicted molar refractivity (Wildman–Crippen MR) is 90.7 cm³/mol. The number of nitrogens with zero attached hydrogens (tertiary/aromatic N) is 6. The number of hydrogen-bond donors (Lipinski definition) is 1. The van der Waals surface area contributed by atoms with E-state index >= 15 is 0 Å². The van der Waals surface area contributed by atoms with Gasteiger partial charge in [0.15, 0.2) is 0 Å². The molecule has 2 rings (SSSR count). The van der Waals surface area contributed by atoms with Gasteiger partial charge in [0.1, 0.15) is 6.33 Å². The summed E-state index contributed by atoms with van der Waals surface area (Å²) in [5.41, 5.74) is 11.2. The molecule has 1 aromatic heterocycles. The smallest absolute Gasteiger partial charge is 0.115 e. The van der Waals surface area contributed by atoms with Crippen molar-refractivity contribution >= 4 is 17.8 Å². The highest BCUT2D eigenvalue weighted by Gasteiger charge is 2.04. The number of aliphatic hydroxyl groups is 1. The van der Waals surface area contributed by atoms with Gasteiger partial charge in [-0.3, -0.25) is 0 Å². The van der Waals surface area contributed by atoms with Gasteiger partial charge >= 0.3 is 0 Å². The van der Waals surface area contributed by atoms with Crippen molar-refractivity contribution in [3.05, 3.63) is 64.6 Å². The number of hydrogen-bond acceptors (Lipinski definition) is 5. The zero-order valence-corrected chi connectivity index (χ0v) is 12.7. The third kappa shape index (κ3) is 5.43. The molecule has 1 N–H and O–H groups in total. The summed E-state index contributed by atoms with van der Waals surface area (Å²) in [4.78, 5) is 12.7. The van der Waals surface area contributed by atoms with E-state index in [0.29, 0.717) is 19.6 Å². The normalized spacial score (nSPS) is 10.5. The molecular formula is C16H18N6O. The standard InChI is InChI=1S/C16H18N6O/c17-21-20-9-10-22(11-12-23)16-5-2-14(3-6-16)1-4-15-7-8-18-13-19-15/h1-8,13,23H,9-12H2/b4-1+. The van der Waals surface area contributed by atoms with Crippen LogP contribution < -0.4 is 4.90 Å². The number of benzene rings is 1. The van der Waals surface area contributed by atoms with Gasteiger partial charge in [-0.1, -0.05) is 23.3 Å². The second-order valence-electron chi connectivity index (χ2n) is 4.72. The van der Waals surface area contributed by atoms with Gasteiger partial charge in [-0.15, -0.1) is 0 Å². The van der Waals surface area contributed by atoms with Gasteiger partial charge < -0.3 is 10.0 Å². The van der Waals surface area contributed by atoms with E-state index in [0.717, 1.165) is 16.9 Å². The lowest BCUT2D eigenvalue weighted by Gasteiger charge is -2.23. The second-order valence-corrected chi connectivity index (χ2v) is 4.72. The van der Waals surface area contributed by atoms with Crippen molar-refractivity contribution in [1.29, 1.82) is 0 Å². The van der Waals surface area contributed by atoms with Gasteiger partial charge in [-0.2, -0.15) is 0 Å². The Balaban J connectivity index is 2.04. The van der Waals surface area contributed by atoms with Crippen molar-refractivity contribution in [3.63, 3.8) is 0 Å². The third-order valence-electron chi connectivity index (χ3n) is 3.21. The van der Waals surface area contributed by atoms with Crippen LogP contribution in [0.1, 0.15) is 11.3 Å². The molecule has 0 radical (unpaired) electrons. The van der Waals surface area contributed by atoms with Gasteiger partial charge in [0, 0.05) is 36.4 Å². The molecule has 118 valence electrons. The Morgan fingerprint density at radius 3 is 2.65 bits per heavy atom. The van der Waals surface area contributed by atoms with Crippen LogP contribution in [0.2, 0.25) is 0 Å². The fourth-order valence-electron chi connectivity index (χ4n) is 2.08. The molecule has 1 aromatic carbocycles. The van der Waals surface area contributed by atoms with Gasteiger partial charge in [-0.05, 0) is 35.4 Å². The molecule has 0 saturated heterocycles. The van der Waals surface area contributed by atoms with E-state index in [4.69, 9.17) is 10.6 Å². The molecule has 23 heavy (non-hydrogen) atoms. The maximum absolute atomic E-state index is 9.15. The van der Waals surface area contributed by atoms with Crippen molar-refractivity contribution in [2.75, 3.05) is 31.1 Å². The molecule has 2 aromatic rings. The molecule has 0 unspecified atom stereocenters. The molecule has 0 amide bonds. The lowest BCUT2D eigenvalue weighted by atomic mass is 10.1. The van der Waals surface area contributed by atoms with Gasteiger partial charge in [0.2, 0.25) is 0 Å². The highest BCUT2D eigenvalue weighted by Crippen LogP contribution is 2.16. The molecule has 7 heteroatoms. The average Bonchev–Trinajstić information content (AvgIpc) is 2.61. The lowest BCUT2D eigenvalue weighted by Crippen LogP contribution is -2.29. The largest absolute Gasteiger partial charge is 0.395 e. The number of aromatic nitrogens is 2. The summed E-state index contributed by atoms with van der Waals surface area (Å²) in [7, 11) is 0. The molecule has 0 atom stereocenters. The van der Waals surface area contributed by atoms with Crippen LogP contribution in [0, 0.1) is 0 Å². The van der Waals surface area contributed by atoms with Gasteiger partial charge in [0.05, 0.1) is 12.3 Å². The molecular weight excluding hydrogens is 292 g/mol. The predicted octanol–water partition coefficient (Wildman–Crippen LogP) is 2.76. The van der Waals surface area contributed by atoms with Crippen LogP contribution in [-0.2, 0) is 0 Å². The summed E-state index contributed by atoms with van der Waals surface area (Å²) >= 11 is 0. The quantitative estimate of drug-likeness (QED) is 0.460. The maximum Gasteiger partial charge on any atom is 0.115 e. The number of azide groups is 1. The molecule has 0 spiro atoms. The fourth-order valence-corrected chi connectivity index (χ4v) is 2.08. The first-order valence-corrected chi connectivity index (χ1v) is 7.24. The van der Waals surface area contributed by atoms with E-state index in [9.17, 15) is 0 Å². The summed E-state index contributed by atoms with van der Waals surface area (Å²) in [6.45, 7) is 1.48. The molecule has 0 saturated carbocycles. The molecule has 7 nitrogen and oxygen atoms in total. The minimum atomic E-state index is 0.0473. The van der Waals surface area contributed by atoms with E-state index in [-0.39, 0.29) is 6.61 Å². The Hall–Kier alpha value is -2.89. The zero-order chi connectivity index (χ0) is 16.3. The number of aliphatic hydroxyl groups excluding tert-OH is 1. The molecule has 0 aliphatic carbocycles. The van der Waals surface area contributed by atoms with E-state index in [1.807, 2.05) is 47.4 Å². The average molecular weight is 310 g/mol. The Morgan fingerprint density at radius 2 is 2.00 bits per heavy atom. The highest BCUT2D eigenvalue weighted by atomic mass is 16.3. The second kappa shape index (κ2) is 9.19. The zero-order valence-electron chi connectivity index (χ0n) is 12.7. The van der Waals surface area contributed by atoms with Crippen LogP contribution in [0.5, 0.6) is 0 Å². The Kier molecular flexibility index (Phi) is 6.59. The Morgan fingerprint density at radius 1 is 1.17 bits per heavy atom. The molecule has 0 aliphatic rings. The van der Waals surface area contributed by atoms with Gasteiger partial charge in [0.25, 0.3) is 0 Å². The Labute approximate surface area is 134 Å². The van der Waals surface area contributed by atoms with Crippen molar-refractivity contribution in [2.45, 2.75) is 0 Å². The van der Waals surface area contributed by atoms with E-state index < -0.39 is 0 Å². The van der Waals surface area contributed by atoms with Crippen molar-refractivity contribution in [2.24, 2.45) is 5.11 Å². The summed E-state index contributed by atoms with van der Waals surface area (Å²) in [6, 6.07) is 9.77. The van der Waals surface area contributed by atoms with Crippen LogP contribution >= 0.6 is 0 Å². The maximum atomic E-state index is 9.15. The van der Waals surface area contributed by atoms with Crippen LogP contribution in [0.25, 0.3) is 22.6 Å². The van der Waals surface area contributed by atoms with Crippen LogP contribution in [0.4, 0.5) is 5.69 Å². The Bertz CT molecular complexity index is 665. The first-order chi connectivity index (χ1) is 11.3. The van der Waals surface area contributed by atoms with Crippen LogP contribution in [0.3, 0.4) is 0 Å². The minimum absolute atomic E-state index is 0.0473. The third-order valence-corrected chi connectivity index (χ3v) is 3.21. The van der Waals surface area contributed by atoms with E-state index in [1.54, 1.807) is 6.20 Å². The summed E-state index contributed by atoms with van der Waals surface area (Å²) < 4.78 is 0. The van der Waals surface area contributed by atoms with Crippen molar-refractivity contribution < 1.29 is 5.11 Å². The van der Waals surface area contributed by atoms with Gasteiger partial charge in [-0.25, -0.2) is 9.97 Å². The topological polar surface area (TPSA) is 98.0 Å². The molecule has 0 fully saturated rings. The highest BCUT2D eigenvalue weighted by molar-refractivity contribution is 5.68. The SMILES string of the molecule is [N-]=[N+]=NCCN(CCO)c1ccc(/C=C/c2ccncn2)cc1. The van der Waals surface area contributed by atoms with Crippen LogP contribution in [-0.4, -0.2) is 41.3 Å². The van der Waals surface area contributed by atoms with Crippen LogP contribution in [0.15, 0.2) is 48.0 Å². The fraction of sp³-hybridized carbons (Fsp3) is 0.250. The minimum Gasteiger partial charge on any atom is -0.395 e. The first-order valence-electron chi connectivity index (χ1n) is 7.24.